The van der Waals surface area contributed by atoms with E-state index in [9.17, 15) is 4.79 Å². The van der Waals surface area contributed by atoms with Gasteiger partial charge in [-0.15, -0.1) is 0 Å². The third kappa shape index (κ3) is 2.60. The molecule has 0 aliphatic carbocycles. The fourth-order valence-electron chi connectivity index (χ4n) is 3.21. The van der Waals surface area contributed by atoms with Crippen LogP contribution in [0.4, 0.5) is 11.6 Å². The van der Waals surface area contributed by atoms with E-state index in [2.05, 4.69) is 50.7 Å². The lowest BCUT2D eigenvalue weighted by atomic mass is 9.99. The highest BCUT2D eigenvalue weighted by atomic mass is 16.2. The average molecular weight is 309 g/mol. The van der Waals surface area contributed by atoms with Crippen molar-refractivity contribution in [2.24, 2.45) is 0 Å². The van der Waals surface area contributed by atoms with Crippen molar-refractivity contribution in [3.8, 4) is 0 Å². The number of aromatic nitrogens is 2. The van der Waals surface area contributed by atoms with Gasteiger partial charge in [-0.25, -0.2) is 9.97 Å². The molecule has 4 rings (SSSR count). The molecule has 2 N–H and O–H groups in total. The first kappa shape index (κ1) is 14.0. The third-order valence-corrected chi connectivity index (χ3v) is 4.46. The monoisotopic (exact) mass is 309 g/mol. The number of rotatable bonds is 3. The van der Waals surface area contributed by atoms with Gasteiger partial charge >= 0.3 is 0 Å². The molecule has 2 aliphatic rings. The molecule has 0 fully saturated rings. The van der Waals surface area contributed by atoms with Crippen LogP contribution in [0, 0.1) is 0 Å². The maximum absolute atomic E-state index is 11.6. The van der Waals surface area contributed by atoms with Crippen LogP contribution in [0.2, 0.25) is 0 Å². The topological polar surface area (TPSA) is 70.1 Å². The van der Waals surface area contributed by atoms with Crippen LogP contribution in [0.25, 0.3) is 0 Å². The zero-order valence-corrected chi connectivity index (χ0v) is 13.1. The Labute approximate surface area is 134 Å². The summed E-state index contributed by atoms with van der Waals surface area (Å²) in [7, 11) is 2.14. The van der Waals surface area contributed by atoms with Crippen molar-refractivity contribution in [2.45, 2.75) is 25.9 Å². The number of fused-ring (bicyclic) bond motifs is 2. The van der Waals surface area contributed by atoms with Crippen molar-refractivity contribution in [2.75, 3.05) is 23.8 Å². The van der Waals surface area contributed by atoms with Crippen molar-refractivity contribution in [1.29, 1.82) is 0 Å². The standard InChI is InChI=1S/C17H19N5O/c1-22-6-2-3-12-7-11(4-5-14(12)22)8-19-17-20-10-13-9-18-16(23)15(13)21-17/h4-5,7,10H,2-3,6,8-9H2,1H3,(H,18,23)(H,19,20,21). The molecular weight excluding hydrogens is 290 g/mol. The van der Waals surface area contributed by atoms with Crippen LogP contribution in [0.5, 0.6) is 0 Å². The molecule has 0 saturated carbocycles. The largest absolute Gasteiger partial charge is 0.374 e. The van der Waals surface area contributed by atoms with Gasteiger partial charge in [0.15, 0.2) is 0 Å². The van der Waals surface area contributed by atoms with E-state index in [1.165, 1.54) is 23.2 Å². The molecule has 0 radical (unpaired) electrons. The smallest absolute Gasteiger partial charge is 0.270 e. The highest BCUT2D eigenvalue weighted by Gasteiger charge is 2.21. The predicted molar refractivity (Wildman–Crippen MR) is 88.6 cm³/mol. The van der Waals surface area contributed by atoms with E-state index in [0.717, 1.165) is 18.5 Å². The number of anilines is 2. The number of hydrogen-bond donors (Lipinski definition) is 2. The molecule has 2 aromatic rings. The summed E-state index contributed by atoms with van der Waals surface area (Å²) in [6.45, 7) is 2.29. The fourth-order valence-corrected chi connectivity index (χ4v) is 3.21. The Morgan fingerprint density at radius 1 is 1.35 bits per heavy atom. The fraction of sp³-hybridized carbons (Fsp3) is 0.353. The van der Waals surface area contributed by atoms with Gasteiger partial charge in [0.1, 0.15) is 5.69 Å². The molecule has 3 heterocycles. The molecule has 1 aromatic carbocycles. The lowest BCUT2D eigenvalue weighted by Crippen LogP contribution is -2.24. The zero-order valence-electron chi connectivity index (χ0n) is 13.1. The minimum absolute atomic E-state index is 0.123. The Bertz CT molecular complexity index is 774. The van der Waals surface area contributed by atoms with E-state index in [1.807, 2.05) is 0 Å². The van der Waals surface area contributed by atoms with E-state index >= 15 is 0 Å². The van der Waals surface area contributed by atoms with Crippen LogP contribution in [0.1, 0.15) is 33.6 Å². The van der Waals surface area contributed by atoms with E-state index in [1.54, 1.807) is 6.20 Å². The number of nitrogens with zero attached hydrogens (tertiary/aromatic N) is 3. The van der Waals surface area contributed by atoms with Gasteiger partial charge in [0.05, 0.1) is 0 Å². The molecule has 2 aliphatic heterocycles. The van der Waals surface area contributed by atoms with Crippen molar-refractivity contribution >= 4 is 17.5 Å². The van der Waals surface area contributed by atoms with E-state index < -0.39 is 0 Å². The van der Waals surface area contributed by atoms with Gasteiger partial charge in [-0.3, -0.25) is 4.79 Å². The summed E-state index contributed by atoms with van der Waals surface area (Å²) in [4.78, 5) is 22.5. The van der Waals surface area contributed by atoms with Crippen molar-refractivity contribution in [3.05, 3.63) is 46.8 Å². The summed E-state index contributed by atoms with van der Waals surface area (Å²) < 4.78 is 0. The summed E-state index contributed by atoms with van der Waals surface area (Å²) >= 11 is 0. The minimum Gasteiger partial charge on any atom is -0.374 e. The predicted octanol–water partition coefficient (Wildman–Crippen LogP) is 1.71. The molecule has 0 atom stereocenters. The maximum atomic E-state index is 11.6. The summed E-state index contributed by atoms with van der Waals surface area (Å²) in [6, 6.07) is 6.56. The first-order chi connectivity index (χ1) is 11.2. The number of carbonyl (C=O) groups excluding carboxylic acids is 1. The van der Waals surface area contributed by atoms with E-state index in [-0.39, 0.29) is 5.91 Å². The van der Waals surface area contributed by atoms with Crippen molar-refractivity contribution < 1.29 is 4.79 Å². The first-order valence-corrected chi connectivity index (χ1v) is 7.91. The molecule has 23 heavy (non-hydrogen) atoms. The second kappa shape index (κ2) is 5.53. The maximum Gasteiger partial charge on any atom is 0.270 e. The van der Waals surface area contributed by atoms with E-state index in [4.69, 9.17) is 0 Å². The second-order valence-corrected chi connectivity index (χ2v) is 6.09. The Hall–Kier alpha value is -2.63. The van der Waals surface area contributed by atoms with Crippen LogP contribution < -0.4 is 15.5 Å². The van der Waals surface area contributed by atoms with Gasteiger partial charge in [0, 0.05) is 44.1 Å². The summed E-state index contributed by atoms with van der Waals surface area (Å²) in [6.07, 6.45) is 4.04. The number of nitrogens with one attached hydrogen (secondary N) is 2. The number of carbonyl (C=O) groups is 1. The Balaban J connectivity index is 1.49. The number of benzene rings is 1. The van der Waals surface area contributed by atoms with Gasteiger partial charge in [0.25, 0.3) is 5.91 Å². The molecule has 0 spiro atoms. The van der Waals surface area contributed by atoms with Gasteiger partial charge in [-0.05, 0) is 30.0 Å². The first-order valence-electron chi connectivity index (χ1n) is 7.91. The molecule has 6 nitrogen and oxygen atoms in total. The SMILES string of the molecule is CN1CCCc2cc(CNc3ncc4c(n3)C(=O)NC4)ccc21. The molecular formula is C17H19N5O. The minimum atomic E-state index is -0.123. The molecule has 1 aromatic heterocycles. The molecule has 1 amide bonds. The molecule has 118 valence electrons. The normalized spacial score (nSPS) is 15.9. The van der Waals surface area contributed by atoms with Crippen LogP contribution in [-0.2, 0) is 19.5 Å². The van der Waals surface area contributed by atoms with E-state index in [0.29, 0.717) is 24.7 Å². The molecule has 0 bridgehead atoms. The lowest BCUT2D eigenvalue weighted by Gasteiger charge is -2.27. The number of aryl methyl sites for hydroxylation is 1. The highest BCUT2D eigenvalue weighted by molar-refractivity contribution is 5.96. The van der Waals surface area contributed by atoms with Crippen LogP contribution >= 0.6 is 0 Å². The van der Waals surface area contributed by atoms with Crippen LogP contribution in [-0.4, -0.2) is 29.5 Å². The third-order valence-electron chi connectivity index (χ3n) is 4.46. The second-order valence-electron chi connectivity index (χ2n) is 6.09. The summed E-state index contributed by atoms with van der Waals surface area (Å²) in [5.74, 6) is 0.373. The summed E-state index contributed by atoms with van der Waals surface area (Å²) in [5.41, 5.74) is 5.26. The van der Waals surface area contributed by atoms with Gasteiger partial charge < -0.3 is 15.5 Å². The molecule has 0 saturated heterocycles. The Kier molecular flexibility index (Phi) is 3.37. The van der Waals surface area contributed by atoms with Gasteiger partial charge in [0.2, 0.25) is 5.95 Å². The Morgan fingerprint density at radius 3 is 3.17 bits per heavy atom. The van der Waals surface area contributed by atoms with Crippen LogP contribution in [0.15, 0.2) is 24.4 Å². The van der Waals surface area contributed by atoms with Gasteiger partial charge in [-0.1, -0.05) is 12.1 Å². The average Bonchev–Trinajstić information content (AvgIpc) is 2.94. The van der Waals surface area contributed by atoms with Crippen molar-refractivity contribution in [3.63, 3.8) is 0 Å². The van der Waals surface area contributed by atoms with Gasteiger partial charge in [-0.2, -0.15) is 0 Å². The molecule has 0 unspecified atom stereocenters. The highest BCUT2D eigenvalue weighted by Crippen LogP contribution is 2.27. The lowest BCUT2D eigenvalue weighted by molar-refractivity contribution is 0.0961. The van der Waals surface area contributed by atoms with Crippen molar-refractivity contribution in [1.82, 2.24) is 15.3 Å². The Morgan fingerprint density at radius 2 is 2.26 bits per heavy atom. The number of hydrogen-bond acceptors (Lipinski definition) is 5. The van der Waals surface area contributed by atoms with Crippen LogP contribution in [0.3, 0.4) is 0 Å². The quantitative estimate of drug-likeness (QED) is 0.903. The number of amides is 1. The zero-order chi connectivity index (χ0) is 15.8. The molecule has 6 heteroatoms. The summed E-state index contributed by atoms with van der Waals surface area (Å²) in [5, 5.41) is 5.96.